The Morgan fingerprint density at radius 2 is 2.13 bits per heavy atom. The van der Waals surface area contributed by atoms with Crippen LogP contribution in [-0.2, 0) is 21.4 Å². The van der Waals surface area contributed by atoms with E-state index in [9.17, 15) is 18.0 Å². The van der Waals surface area contributed by atoms with Crippen LogP contribution in [0.5, 0.6) is 0 Å². The van der Waals surface area contributed by atoms with E-state index in [4.69, 9.17) is 0 Å². The van der Waals surface area contributed by atoms with Gasteiger partial charge in [0, 0.05) is 28.4 Å². The number of hydrogen-bond acceptors (Lipinski definition) is 7. The number of thiophene rings is 1. The van der Waals surface area contributed by atoms with E-state index in [1.165, 1.54) is 16.7 Å². The number of nitrogens with one attached hydrogen (secondary N) is 1. The van der Waals surface area contributed by atoms with E-state index < -0.39 is 10.0 Å². The molecule has 158 valence electrons. The molecule has 2 amide bonds. The van der Waals surface area contributed by atoms with Gasteiger partial charge in [0.25, 0.3) is 15.9 Å². The van der Waals surface area contributed by atoms with Crippen molar-refractivity contribution < 1.29 is 18.0 Å². The smallest absolute Gasteiger partial charge is 0.257 e. The molecule has 0 saturated carbocycles. The van der Waals surface area contributed by atoms with E-state index in [0.717, 1.165) is 15.5 Å². The summed E-state index contributed by atoms with van der Waals surface area (Å²) in [5.41, 5.74) is 1.31. The first-order valence-corrected chi connectivity index (χ1v) is 12.7. The SMILES string of the molecule is CCN(CC(=O)NCc1cccs1)C(=O)c1ccc2c(c1)SC1=NS(=O)(=O)CCN12. The molecule has 2 aliphatic rings. The highest BCUT2D eigenvalue weighted by atomic mass is 32.2. The molecule has 3 heterocycles. The number of carbonyl (C=O) groups is 2. The van der Waals surface area contributed by atoms with Crippen LogP contribution in [0.4, 0.5) is 5.69 Å². The lowest BCUT2D eigenvalue weighted by molar-refractivity contribution is -0.121. The number of thioether (sulfide) groups is 1. The molecule has 0 saturated heterocycles. The summed E-state index contributed by atoms with van der Waals surface area (Å²) >= 11 is 2.81. The van der Waals surface area contributed by atoms with Crippen molar-refractivity contribution in [2.75, 3.05) is 30.3 Å². The summed E-state index contributed by atoms with van der Waals surface area (Å²) in [6.07, 6.45) is 0. The van der Waals surface area contributed by atoms with Crippen LogP contribution in [0.1, 0.15) is 22.2 Å². The van der Waals surface area contributed by atoms with Crippen LogP contribution in [0.3, 0.4) is 0 Å². The zero-order valence-electron chi connectivity index (χ0n) is 16.2. The number of anilines is 1. The van der Waals surface area contributed by atoms with E-state index in [1.807, 2.05) is 29.3 Å². The van der Waals surface area contributed by atoms with Gasteiger partial charge >= 0.3 is 0 Å². The molecule has 1 aromatic carbocycles. The Labute approximate surface area is 183 Å². The number of sulfonamides is 1. The zero-order valence-corrected chi connectivity index (χ0v) is 18.6. The van der Waals surface area contributed by atoms with Gasteiger partial charge in [0.05, 0.1) is 24.5 Å². The molecule has 0 bridgehead atoms. The number of amidine groups is 1. The van der Waals surface area contributed by atoms with Gasteiger partial charge in [-0.15, -0.1) is 15.7 Å². The number of rotatable bonds is 6. The first kappa shape index (κ1) is 20.9. The molecule has 4 rings (SSSR count). The molecule has 2 aromatic rings. The number of hydrogen-bond donors (Lipinski definition) is 1. The van der Waals surface area contributed by atoms with Crippen LogP contribution in [0.2, 0.25) is 0 Å². The van der Waals surface area contributed by atoms with Crippen LogP contribution in [0.15, 0.2) is 45.0 Å². The highest BCUT2D eigenvalue weighted by molar-refractivity contribution is 8.15. The molecule has 1 aromatic heterocycles. The number of nitrogens with zero attached hydrogens (tertiary/aromatic N) is 3. The predicted molar refractivity (Wildman–Crippen MR) is 119 cm³/mol. The zero-order chi connectivity index (χ0) is 21.3. The van der Waals surface area contributed by atoms with Crippen molar-refractivity contribution in [1.29, 1.82) is 0 Å². The summed E-state index contributed by atoms with van der Waals surface area (Å²) in [7, 11) is -3.43. The number of amides is 2. The quantitative estimate of drug-likeness (QED) is 0.703. The minimum atomic E-state index is -3.43. The summed E-state index contributed by atoms with van der Waals surface area (Å²) in [6, 6.07) is 9.12. The van der Waals surface area contributed by atoms with Crippen LogP contribution in [-0.4, -0.2) is 55.7 Å². The molecule has 11 heteroatoms. The Balaban J connectivity index is 1.45. The van der Waals surface area contributed by atoms with E-state index in [2.05, 4.69) is 9.71 Å². The van der Waals surface area contributed by atoms with Crippen molar-refractivity contribution in [2.24, 2.45) is 4.40 Å². The molecular formula is C19H20N4O4S3. The Hall–Kier alpha value is -2.37. The normalized spacial score (nSPS) is 16.4. The lowest BCUT2D eigenvalue weighted by atomic mass is 10.1. The van der Waals surface area contributed by atoms with Gasteiger partial charge in [-0.05, 0) is 48.3 Å². The second-order valence-electron chi connectivity index (χ2n) is 6.77. The second-order valence-corrected chi connectivity index (χ2v) is 10.6. The molecule has 0 atom stereocenters. The van der Waals surface area contributed by atoms with Crippen LogP contribution in [0, 0.1) is 0 Å². The van der Waals surface area contributed by atoms with Crippen molar-refractivity contribution in [2.45, 2.75) is 18.4 Å². The number of likely N-dealkylation sites (N-methyl/N-ethyl adjacent to an activating group) is 1. The maximum Gasteiger partial charge on any atom is 0.257 e. The van der Waals surface area contributed by atoms with Gasteiger partial charge in [0.1, 0.15) is 0 Å². The summed E-state index contributed by atoms with van der Waals surface area (Å²) in [6.45, 7) is 2.99. The predicted octanol–water partition coefficient (Wildman–Crippen LogP) is 2.14. The third-order valence-electron chi connectivity index (χ3n) is 4.76. The first-order valence-electron chi connectivity index (χ1n) is 9.37. The fraction of sp³-hybridized carbons (Fsp3) is 0.316. The van der Waals surface area contributed by atoms with Gasteiger partial charge in [0.15, 0.2) is 5.17 Å². The van der Waals surface area contributed by atoms with Crippen LogP contribution >= 0.6 is 23.1 Å². The van der Waals surface area contributed by atoms with Crippen molar-refractivity contribution in [3.63, 3.8) is 0 Å². The molecular weight excluding hydrogens is 444 g/mol. The molecule has 0 spiro atoms. The number of fused-ring (bicyclic) bond motifs is 3. The fourth-order valence-corrected chi connectivity index (χ4v) is 6.14. The van der Waals surface area contributed by atoms with Crippen LogP contribution in [0.25, 0.3) is 0 Å². The summed E-state index contributed by atoms with van der Waals surface area (Å²) < 4.78 is 27.3. The van der Waals surface area contributed by atoms with Gasteiger partial charge in [-0.25, -0.2) is 8.42 Å². The highest BCUT2D eigenvalue weighted by Crippen LogP contribution is 2.42. The second kappa shape index (κ2) is 8.40. The molecule has 0 aliphatic carbocycles. The summed E-state index contributed by atoms with van der Waals surface area (Å²) in [5.74, 6) is -0.487. The lowest BCUT2D eigenvalue weighted by Crippen LogP contribution is -2.40. The summed E-state index contributed by atoms with van der Waals surface area (Å²) in [5, 5.41) is 5.20. The van der Waals surface area contributed by atoms with Gasteiger partial charge < -0.3 is 15.1 Å². The minimum absolute atomic E-state index is 0.0258. The maximum atomic E-state index is 13.0. The van der Waals surface area contributed by atoms with Gasteiger partial charge in [-0.3, -0.25) is 9.59 Å². The Bertz CT molecular complexity index is 1110. The van der Waals surface area contributed by atoms with Crippen molar-refractivity contribution >= 4 is 55.8 Å². The Morgan fingerprint density at radius 1 is 1.30 bits per heavy atom. The van der Waals surface area contributed by atoms with Crippen molar-refractivity contribution in [3.8, 4) is 0 Å². The highest BCUT2D eigenvalue weighted by Gasteiger charge is 2.33. The molecule has 8 nitrogen and oxygen atoms in total. The third-order valence-corrected chi connectivity index (χ3v) is 7.95. The van der Waals surface area contributed by atoms with E-state index in [0.29, 0.717) is 30.4 Å². The van der Waals surface area contributed by atoms with Crippen LogP contribution < -0.4 is 10.2 Å². The van der Waals surface area contributed by atoms with Gasteiger partial charge in [-0.1, -0.05) is 6.07 Å². The largest absolute Gasteiger partial charge is 0.350 e. The molecule has 0 radical (unpaired) electrons. The molecule has 0 unspecified atom stereocenters. The van der Waals surface area contributed by atoms with Crippen molar-refractivity contribution in [1.82, 2.24) is 10.2 Å². The van der Waals surface area contributed by atoms with E-state index in [1.54, 1.807) is 29.5 Å². The number of benzene rings is 1. The minimum Gasteiger partial charge on any atom is -0.350 e. The molecule has 1 N–H and O–H groups in total. The monoisotopic (exact) mass is 464 g/mol. The molecule has 0 fully saturated rings. The Kier molecular flexibility index (Phi) is 5.85. The summed E-state index contributed by atoms with van der Waals surface area (Å²) in [4.78, 5) is 30.4. The Morgan fingerprint density at radius 3 is 2.87 bits per heavy atom. The number of carbonyl (C=O) groups excluding carboxylic acids is 2. The first-order chi connectivity index (χ1) is 14.4. The van der Waals surface area contributed by atoms with Crippen molar-refractivity contribution in [3.05, 3.63) is 46.2 Å². The standard InChI is InChI=1S/C19H20N4O4S3/c1-2-22(12-17(24)20-11-14-4-3-8-28-14)18(25)13-5-6-15-16(10-13)29-19-21-30(26,27)9-7-23(15)19/h3-6,8,10H,2,7,9,11-12H2,1H3,(H,20,24). The average molecular weight is 465 g/mol. The third kappa shape index (κ3) is 4.37. The molecule has 2 aliphatic heterocycles. The maximum absolute atomic E-state index is 13.0. The van der Waals surface area contributed by atoms with E-state index >= 15 is 0 Å². The molecule has 30 heavy (non-hydrogen) atoms. The fourth-order valence-electron chi connectivity index (χ4n) is 3.20. The van der Waals surface area contributed by atoms with E-state index in [-0.39, 0.29) is 24.1 Å². The topological polar surface area (TPSA) is 99.1 Å². The lowest BCUT2D eigenvalue weighted by Gasteiger charge is -2.22. The van der Waals surface area contributed by atoms with Gasteiger partial charge in [-0.2, -0.15) is 0 Å². The average Bonchev–Trinajstić information content (AvgIpc) is 3.35. The van der Waals surface area contributed by atoms with Gasteiger partial charge in [0.2, 0.25) is 5.91 Å².